The molecule has 0 spiro atoms. The van der Waals surface area contributed by atoms with Gasteiger partial charge in [0, 0.05) is 18.6 Å². The zero-order chi connectivity index (χ0) is 12.8. The molecule has 104 valence electrons. The summed E-state index contributed by atoms with van der Waals surface area (Å²) >= 11 is 0. The maximum Gasteiger partial charge on any atom is 0.237 e. The average molecular weight is 266 g/mol. The molecule has 0 radical (unpaired) electrons. The Labute approximate surface area is 112 Å². The van der Waals surface area contributed by atoms with Crippen LogP contribution in [0, 0.1) is 5.92 Å². The Morgan fingerprint density at radius 1 is 1.29 bits per heavy atom. The molecule has 0 aromatic heterocycles. The molecule has 2 atom stereocenters. The van der Waals surface area contributed by atoms with Gasteiger partial charge in [0.1, 0.15) is 0 Å². The minimum Gasteiger partial charge on any atom is -0.353 e. The predicted molar refractivity (Wildman–Crippen MR) is 75.4 cm³/mol. The second-order valence-corrected chi connectivity index (χ2v) is 5.38. The van der Waals surface area contributed by atoms with E-state index in [0.29, 0.717) is 6.54 Å². The molecule has 4 N–H and O–H groups in total. The number of halogens is 1. The third-order valence-corrected chi connectivity index (χ3v) is 2.64. The van der Waals surface area contributed by atoms with Crippen molar-refractivity contribution < 1.29 is 4.79 Å². The molecule has 2 unspecified atom stereocenters. The summed E-state index contributed by atoms with van der Waals surface area (Å²) in [6.45, 7) is 11.7. The van der Waals surface area contributed by atoms with Crippen molar-refractivity contribution in [1.82, 2.24) is 10.6 Å². The van der Waals surface area contributed by atoms with E-state index in [1.807, 2.05) is 13.8 Å². The Kier molecular flexibility index (Phi) is 9.77. The molecule has 4 nitrogen and oxygen atoms in total. The van der Waals surface area contributed by atoms with E-state index in [1.54, 1.807) is 0 Å². The standard InChI is InChI=1S/C12H27N3O.ClH/c1-6-9(2)10(13)11(16)14-7-8-15-12(3,4)5;/h9-10,15H,6-8,13H2,1-5H3,(H,14,16);1H. The maximum atomic E-state index is 11.6. The molecule has 0 aromatic carbocycles. The number of carbonyl (C=O) groups excluding carboxylic acids is 1. The van der Waals surface area contributed by atoms with Crippen molar-refractivity contribution >= 4 is 18.3 Å². The molecular weight excluding hydrogens is 238 g/mol. The first-order chi connectivity index (χ1) is 7.28. The Bertz CT molecular complexity index is 216. The van der Waals surface area contributed by atoms with Crippen LogP contribution in [0.3, 0.4) is 0 Å². The molecule has 17 heavy (non-hydrogen) atoms. The van der Waals surface area contributed by atoms with Gasteiger partial charge in [-0.2, -0.15) is 0 Å². The van der Waals surface area contributed by atoms with Gasteiger partial charge in [-0.25, -0.2) is 0 Å². The Balaban J connectivity index is 0. The smallest absolute Gasteiger partial charge is 0.237 e. The first-order valence-corrected chi connectivity index (χ1v) is 6.06. The average Bonchev–Trinajstić information content (AvgIpc) is 2.20. The fourth-order valence-corrected chi connectivity index (χ4v) is 1.25. The van der Waals surface area contributed by atoms with Gasteiger partial charge in [0.2, 0.25) is 5.91 Å². The van der Waals surface area contributed by atoms with Gasteiger partial charge in [-0.15, -0.1) is 12.4 Å². The SMILES string of the molecule is CCC(C)C(N)C(=O)NCCNC(C)(C)C.Cl. The van der Waals surface area contributed by atoms with Crippen molar-refractivity contribution in [2.45, 2.75) is 52.6 Å². The molecular formula is C12H28ClN3O. The van der Waals surface area contributed by atoms with Crippen LogP contribution in [0.2, 0.25) is 0 Å². The van der Waals surface area contributed by atoms with E-state index in [0.717, 1.165) is 13.0 Å². The molecule has 0 saturated heterocycles. The summed E-state index contributed by atoms with van der Waals surface area (Å²) in [4.78, 5) is 11.6. The van der Waals surface area contributed by atoms with Crippen LogP contribution in [0.4, 0.5) is 0 Å². The fraction of sp³-hybridized carbons (Fsp3) is 0.917. The molecule has 0 saturated carbocycles. The summed E-state index contributed by atoms with van der Waals surface area (Å²) in [7, 11) is 0. The molecule has 5 heteroatoms. The first-order valence-electron chi connectivity index (χ1n) is 6.06. The molecule has 1 amide bonds. The molecule has 0 bridgehead atoms. The van der Waals surface area contributed by atoms with Crippen molar-refractivity contribution in [3.8, 4) is 0 Å². The van der Waals surface area contributed by atoms with E-state index in [2.05, 4.69) is 31.4 Å². The Hall–Kier alpha value is -0.320. The number of nitrogens with two attached hydrogens (primary N) is 1. The largest absolute Gasteiger partial charge is 0.353 e. The second kappa shape index (κ2) is 8.72. The minimum atomic E-state index is -0.389. The zero-order valence-corrected chi connectivity index (χ0v) is 12.5. The van der Waals surface area contributed by atoms with Gasteiger partial charge in [-0.05, 0) is 26.7 Å². The molecule has 0 aliphatic rings. The first kappa shape index (κ1) is 19.0. The third-order valence-electron chi connectivity index (χ3n) is 2.64. The van der Waals surface area contributed by atoms with Crippen LogP contribution in [0.25, 0.3) is 0 Å². The van der Waals surface area contributed by atoms with Gasteiger partial charge in [0.05, 0.1) is 6.04 Å². The predicted octanol–water partition coefficient (Wildman–Crippen LogP) is 1.29. The van der Waals surface area contributed by atoms with Crippen LogP contribution in [0.1, 0.15) is 41.0 Å². The molecule has 0 fully saturated rings. The summed E-state index contributed by atoms with van der Waals surface area (Å²) in [5.74, 6) is 0.181. The highest BCUT2D eigenvalue weighted by atomic mass is 35.5. The third kappa shape index (κ3) is 9.39. The summed E-state index contributed by atoms with van der Waals surface area (Å²) in [5.41, 5.74) is 5.89. The highest BCUT2D eigenvalue weighted by Gasteiger charge is 2.18. The second-order valence-electron chi connectivity index (χ2n) is 5.38. The maximum absolute atomic E-state index is 11.6. The lowest BCUT2D eigenvalue weighted by atomic mass is 9.99. The van der Waals surface area contributed by atoms with E-state index in [-0.39, 0.29) is 35.8 Å². The van der Waals surface area contributed by atoms with Crippen LogP contribution >= 0.6 is 12.4 Å². The van der Waals surface area contributed by atoms with Crippen molar-refractivity contribution in [2.24, 2.45) is 11.7 Å². The lowest BCUT2D eigenvalue weighted by molar-refractivity contribution is -0.123. The van der Waals surface area contributed by atoms with E-state index >= 15 is 0 Å². The fourth-order valence-electron chi connectivity index (χ4n) is 1.25. The highest BCUT2D eigenvalue weighted by Crippen LogP contribution is 2.04. The topological polar surface area (TPSA) is 67.2 Å². The van der Waals surface area contributed by atoms with Crippen molar-refractivity contribution in [1.29, 1.82) is 0 Å². The quantitative estimate of drug-likeness (QED) is 0.634. The van der Waals surface area contributed by atoms with Crippen LogP contribution in [0.15, 0.2) is 0 Å². The highest BCUT2D eigenvalue weighted by molar-refractivity contribution is 5.85. The summed E-state index contributed by atoms with van der Waals surface area (Å²) in [5, 5.41) is 6.15. The number of hydrogen-bond acceptors (Lipinski definition) is 3. The zero-order valence-electron chi connectivity index (χ0n) is 11.7. The van der Waals surface area contributed by atoms with Crippen LogP contribution in [-0.2, 0) is 4.79 Å². The minimum absolute atomic E-state index is 0. The van der Waals surface area contributed by atoms with Crippen LogP contribution in [0.5, 0.6) is 0 Å². The normalized spacial score (nSPS) is 14.7. The molecule has 0 heterocycles. The van der Waals surface area contributed by atoms with E-state index in [9.17, 15) is 4.79 Å². The lowest BCUT2D eigenvalue weighted by Gasteiger charge is -2.22. The Morgan fingerprint density at radius 2 is 1.82 bits per heavy atom. The van der Waals surface area contributed by atoms with Gasteiger partial charge < -0.3 is 16.4 Å². The Morgan fingerprint density at radius 3 is 2.24 bits per heavy atom. The van der Waals surface area contributed by atoms with Crippen LogP contribution < -0.4 is 16.4 Å². The summed E-state index contributed by atoms with van der Waals surface area (Å²) in [6, 6.07) is -0.389. The molecule has 0 aliphatic heterocycles. The monoisotopic (exact) mass is 265 g/mol. The van der Waals surface area contributed by atoms with Gasteiger partial charge in [-0.1, -0.05) is 20.3 Å². The van der Waals surface area contributed by atoms with Gasteiger partial charge >= 0.3 is 0 Å². The van der Waals surface area contributed by atoms with Crippen molar-refractivity contribution in [3.05, 3.63) is 0 Å². The molecule has 0 aromatic rings. The van der Waals surface area contributed by atoms with Crippen molar-refractivity contribution in [3.63, 3.8) is 0 Å². The van der Waals surface area contributed by atoms with E-state index in [4.69, 9.17) is 5.73 Å². The van der Waals surface area contributed by atoms with Gasteiger partial charge in [0.15, 0.2) is 0 Å². The van der Waals surface area contributed by atoms with E-state index < -0.39 is 0 Å². The molecule has 0 rings (SSSR count). The molecule has 0 aliphatic carbocycles. The lowest BCUT2D eigenvalue weighted by Crippen LogP contribution is -2.47. The van der Waals surface area contributed by atoms with Crippen LogP contribution in [-0.4, -0.2) is 30.6 Å². The number of nitrogens with one attached hydrogen (secondary N) is 2. The number of amides is 1. The number of rotatable bonds is 6. The van der Waals surface area contributed by atoms with Gasteiger partial charge in [0.25, 0.3) is 0 Å². The van der Waals surface area contributed by atoms with Gasteiger partial charge in [-0.3, -0.25) is 4.79 Å². The summed E-state index contributed by atoms with van der Waals surface area (Å²) in [6.07, 6.45) is 0.925. The number of carbonyl (C=O) groups is 1. The van der Waals surface area contributed by atoms with Crippen molar-refractivity contribution in [2.75, 3.05) is 13.1 Å². The number of hydrogen-bond donors (Lipinski definition) is 3. The van der Waals surface area contributed by atoms with E-state index in [1.165, 1.54) is 0 Å². The summed E-state index contributed by atoms with van der Waals surface area (Å²) < 4.78 is 0.